The number of piperidine rings is 1. The van der Waals surface area contributed by atoms with Gasteiger partial charge in [0.15, 0.2) is 0 Å². The Morgan fingerprint density at radius 2 is 1.71 bits per heavy atom. The highest BCUT2D eigenvalue weighted by atomic mass is 16.3. The summed E-state index contributed by atoms with van der Waals surface area (Å²) >= 11 is 0. The summed E-state index contributed by atoms with van der Waals surface area (Å²) in [4.78, 5) is 2.19. The molecule has 1 saturated heterocycles. The van der Waals surface area contributed by atoms with E-state index < -0.39 is 5.41 Å². The van der Waals surface area contributed by atoms with Crippen LogP contribution in [0.3, 0.4) is 0 Å². The van der Waals surface area contributed by atoms with Gasteiger partial charge in [-0.05, 0) is 12.8 Å². The third-order valence-corrected chi connectivity index (χ3v) is 2.93. The average molecular weight is 203 g/mol. The molecule has 4 heteroatoms. The highest BCUT2D eigenvalue weighted by Gasteiger charge is 2.27. The predicted octanol–water partition coefficient (Wildman–Crippen LogP) is -0.566. The topological polar surface area (TPSA) is 63.9 Å². The lowest BCUT2D eigenvalue weighted by Crippen LogP contribution is -2.45. The maximum absolute atomic E-state index is 9.31. The molecule has 14 heavy (non-hydrogen) atoms. The maximum Gasteiger partial charge on any atom is 0.0564 e. The molecule has 1 rings (SSSR count). The van der Waals surface area contributed by atoms with Crippen molar-refractivity contribution in [3.05, 3.63) is 0 Å². The molecule has 0 aromatic carbocycles. The Bertz CT molecular complexity index is 163. The van der Waals surface area contributed by atoms with Crippen LogP contribution in [0.5, 0.6) is 0 Å². The van der Waals surface area contributed by atoms with Crippen molar-refractivity contribution >= 4 is 0 Å². The minimum atomic E-state index is -0.414. The van der Waals surface area contributed by atoms with E-state index in [0.717, 1.165) is 25.9 Å². The van der Waals surface area contributed by atoms with E-state index in [0.29, 0.717) is 6.54 Å². The van der Waals surface area contributed by atoms with E-state index in [1.165, 1.54) is 0 Å². The van der Waals surface area contributed by atoms with Gasteiger partial charge in [0, 0.05) is 25.0 Å². The summed E-state index contributed by atoms with van der Waals surface area (Å²) in [5.74, 6) is 0. The Labute approximate surface area is 85.2 Å². The number of aliphatic hydroxyl groups excluding tert-OH is 3. The fraction of sp³-hybridized carbons (Fsp3) is 1.00. The third-order valence-electron chi connectivity index (χ3n) is 2.93. The summed E-state index contributed by atoms with van der Waals surface area (Å²) in [6.07, 6.45) is 1.43. The normalized spacial score (nSPS) is 21.4. The minimum Gasteiger partial charge on any atom is -0.396 e. The van der Waals surface area contributed by atoms with Gasteiger partial charge < -0.3 is 20.2 Å². The first-order valence-corrected chi connectivity index (χ1v) is 5.22. The molecule has 0 amide bonds. The van der Waals surface area contributed by atoms with E-state index in [9.17, 15) is 5.11 Å². The van der Waals surface area contributed by atoms with E-state index >= 15 is 0 Å². The van der Waals surface area contributed by atoms with Crippen LogP contribution in [0.25, 0.3) is 0 Å². The summed E-state index contributed by atoms with van der Waals surface area (Å²) in [5.41, 5.74) is -0.414. The van der Waals surface area contributed by atoms with Crippen LogP contribution in [0.4, 0.5) is 0 Å². The van der Waals surface area contributed by atoms with Crippen molar-refractivity contribution in [3.8, 4) is 0 Å². The van der Waals surface area contributed by atoms with Gasteiger partial charge in [-0.1, -0.05) is 6.92 Å². The van der Waals surface area contributed by atoms with Crippen LogP contribution in [-0.2, 0) is 0 Å². The molecule has 0 aromatic rings. The van der Waals surface area contributed by atoms with Crippen LogP contribution in [0.15, 0.2) is 0 Å². The van der Waals surface area contributed by atoms with Gasteiger partial charge in [-0.25, -0.2) is 0 Å². The van der Waals surface area contributed by atoms with Crippen molar-refractivity contribution in [1.82, 2.24) is 4.90 Å². The van der Waals surface area contributed by atoms with Gasteiger partial charge in [0.2, 0.25) is 0 Å². The number of rotatable bonds is 4. The third kappa shape index (κ3) is 3.20. The van der Waals surface area contributed by atoms with Crippen molar-refractivity contribution in [2.45, 2.75) is 25.9 Å². The molecule has 0 saturated carbocycles. The molecule has 0 spiro atoms. The summed E-state index contributed by atoms with van der Waals surface area (Å²) in [5, 5.41) is 27.6. The van der Waals surface area contributed by atoms with Gasteiger partial charge in [0.1, 0.15) is 0 Å². The fourth-order valence-electron chi connectivity index (χ4n) is 1.77. The second-order valence-electron chi connectivity index (χ2n) is 4.63. The first-order chi connectivity index (χ1) is 6.59. The van der Waals surface area contributed by atoms with E-state index in [2.05, 4.69) is 4.90 Å². The van der Waals surface area contributed by atoms with Crippen molar-refractivity contribution < 1.29 is 15.3 Å². The number of hydrogen-bond acceptors (Lipinski definition) is 4. The second kappa shape index (κ2) is 5.07. The van der Waals surface area contributed by atoms with Gasteiger partial charge in [0.05, 0.1) is 19.3 Å². The molecule has 84 valence electrons. The molecular formula is C10H21NO3. The zero-order valence-electron chi connectivity index (χ0n) is 8.82. The maximum atomic E-state index is 9.31. The lowest BCUT2D eigenvalue weighted by atomic mass is 9.91. The SMILES string of the molecule is CC(CO)(CO)CN1CCC(O)CC1. The van der Waals surface area contributed by atoms with Gasteiger partial charge in [-0.3, -0.25) is 0 Å². The summed E-state index contributed by atoms with van der Waals surface area (Å²) < 4.78 is 0. The molecule has 0 radical (unpaired) electrons. The zero-order chi connectivity index (χ0) is 10.6. The number of aliphatic hydroxyl groups is 3. The average Bonchev–Trinajstić information content (AvgIpc) is 2.21. The quantitative estimate of drug-likeness (QED) is 0.573. The van der Waals surface area contributed by atoms with Crippen LogP contribution >= 0.6 is 0 Å². The van der Waals surface area contributed by atoms with Crippen molar-refractivity contribution in [1.29, 1.82) is 0 Å². The van der Waals surface area contributed by atoms with E-state index in [1.807, 2.05) is 6.92 Å². The van der Waals surface area contributed by atoms with Gasteiger partial charge in [-0.2, -0.15) is 0 Å². The van der Waals surface area contributed by atoms with Crippen LogP contribution in [0, 0.1) is 5.41 Å². The molecule has 1 fully saturated rings. The Morgan fingerprint density at radius 3 is 2.14 bits per heavy atom. The summed E-state index contributed by atoms with van der Waals surface area (Å²) in [6, 6.07) is 0. The molecule has 0 aliphatic carbocycles. The zero-order valence-corrected chi connectivity index (χ0v) is 8.82. The summed E-state index contributed by atoms with van der Waals surface area (Å²) in [7, 11) is 0. The molecule has 4 nitrogen and oxygen atoms in total. The molecule has 0 bridgehead atoms. The van der Waals surface area contributed by atoms with Crippen molar-refractivity contribution in [2.75, 3.05) is 32.8 Å². The molecule has 0 atom stereocenters. The minimum absolute atomic E-state index is 0.00253. The Hall–Kier alpha value is -0.160. The fourth-order valence-corrected chi connectivity index (χ4v) is 1.77. The van der Waals surface area contributed by atoms with Crippen molar-refractivity contribution in [2.24, 2.45) is 5.41 Å². The highest BCUT2D eigenvalue weighted by molar-refractivity contribution is 4.80. The number of likely N-dealkylation sites (tertiary alicyclic amines) is 1. The monoisotopic (exact) mass is 203 g/mol. The number of nitrogens with zero attached hydrogens (tertiary/aromatic N) is 1. The Morgan fingerprint density at radius 1 is 1.21 bits per heavy atom. The lowest BCUT2D eigenvalue weighted by molar-refractivity contribution is 0.0116. The molecule has 1 aliphatic heterocycles. The second-order valence-corrected chi connectivity index (χ2v) is 4.63. The van der Waals surface area contributed by atoms with E-state index in [1.54, 1.807) is 0 Å². The Kier molecular flexibility index (Phi) is 4.31. The van der Waals surface area contributed by atoms with Crippen LogP contribution in [-0.4, -0.2) is 59.2 Å². The smallest absolute Gasteiger partial charge is 0.0564 e. The number of hydrogen-bond donors (Lipinski definition) is 3. The van der Waals surface area contributed by atoms with Crippen LogP contribution in [0.2, 0.25) is 0 Å². The van der Waals surface area contributed by atoms with Gasteiger partial charge in [-0.15, -0.1) is 0 Å². The standard InChI is InChI=1S/C10H21NO3/c1-10(7-12,8-13)6-11-4-2-9(14)3-5-11/h9,12-14H,2-8H2,1H3. The van der Waals surface area contributed by atoms with E-state index in [-0.39, 0.29) is 19.3 Å². The lowest BCUT2D eigenvalue weighted by Gasteiger charge is -2.36. The van der Waals surface area contributed by atoms with Crippen LogP contribution in [0.1, 0.15) is 19.8 Å². The molecule has 3 N–H and O–H groups in total. The highest BCUT2D eigenvalue weighted by Crippen LogP contribution is 2.19. The molecular weight excluding hydrogens is 182 g/mol. The summed E-state index contributed by atoms with van der Waals surface area (Å²) in [6.45, 7) is 4.30. The molecule has 1 aliphatic rings. The predicted molar refractivity (Wildman–Crippen MR) is 54.0 cm³/mol. The largest absolute Gasteiger partial charge is 0.396 e. The molecule has 0 unspecified atom stereocenters. The molecule has 1 heterocycles. The van der Waals surface area contributed by atoms with Crippen molar-refractivity contribution in [3.63, 3.8) is 0 Å². The van der Waals surface area contributed by atoms with Crippen LogP contribution < -0.4 is 0 Å². The van der Waals surface area contributed by atoms with Gasteiger partial charge in [0.25, 0.3) is 0 Å². The van der Waals surface area contributed by atoms with E-state index in [4.69, 9.17) is 10.2 Å². The van der Waals surface area contributed by atoms with Gasteiger partial charge >= 0.3 is 0 Å². The molecule has 0 aromatic heterocycles. The first-order valence-electron chi connectivity index (χ1n) is 5.22. The first kappa shape index (κ1) is 11.9. The Balaban J connectivity index is 2.36.